The normalized spacial score (nSPS) is 14.1. The fourth-order valence-electron chi connectivity index (χ4n) is 2.77. The average molecular weight is 309 g/mol. The van der Waals surface area contributed by atoms with E-state index in [1.807, 2.05) is 58.8 Å². The predicted molar refractivity (Wildman–Crippen MR) is 88.8 cm³/mol. The third-order valence-electron chi connectivity index (χ3n) is 3.89. The van der Waals surface area contributed by atoms with Crippen LogP contribution in [0.5, 0.6) is 0 Å². The number of carbonyl (C=O) groups is 1. The Hall–Kier alpha value is -2.27. The summed E-state index contributed by atoms with van der Waals surface area (Å²) in [4.78, 5) is 20.4. The number of para-hydroxylation sites is 1. The number of carbonyl (C=O) groups excluding carboxylic acids is 1. The highest BCUT2D eigenvalue weighted by atomic mass is 32.2. The molecule has 0 saturated heterocycles. The molecular weight excluding hydrogens is 294 g/mol. The molecule has 0 unspecified atom stereocenters. The van der Waals surface area contributed by atoms with Crippen LogP contribution in [0, 0.1) is 6.92 Å². The van der Waals surface area contributed by atoms with Crippen LogP contribution >= 0.6 is 11.8 Å². The van der Waals surface area contributed by atoms with Crippen LogP contribution in [0.25, 0.3) is 5.65 Å². The standard InChI is InChI=1S/C17H15N3OS/c1-12-5-4-8-16-18-13(11-20(12)16)17(21)19-9-10-22-15-7-3-2-6-14(15)19/h2-8,11H,9-10H2,1H3. The molecule has 0 atom stereocenters. The lowest BCUT2D eigenvalue weighted by atomic mass is 10.2. The van der Waals surface area contributed by atoms with Crippen molar-refractivity contribution in [1.82, 2.24) is 9.38 Å². The number of amides is 1. The summed E-state index contributed by atoms with van der Waals surface area (Å²) in [5.74, 6) is 0.880. The van der Waals surface area contributed by atoms with Gasteiger partial charge in [0.05, 0.1) is 5.69 Å². The monoisotopic (exact) mass is 309 g/mol. The molecule has 22 heavy (non-hydrogen) atoms. The Balaban J connectivity index is 1.77. The Kier molecular flexibility index (Phi) is 3.15. The van der Waals surface area contributed by atoms with Crippen LogP contribution in [0.2, 0.25) is 0 Å². The van der Waals surface area contributed by atoms with Crippen LogP contribution in [-0.2, 0) is 0 Å². The molecule has 4 rings (SSSR count). The number of aryl methyl sites for hydroxylation is 1. The first kappa shape index (κ1) is 13.4. The van der Waals surface area contributed by atoms with Gasteiger partial charge in [0.15, 0.2) is 0 Å². The number of anilines is 1. The number of pyridine rings is 1. The van der Waals surface area contributed by atoms with Gasteiger partial charge in [0.2, 0.25) is 0 Å². The molecule has 3 aromatic rings. The summed E-state index contributed by atoms with van der Waals surface area (Å²) in [6.45, 7) is 2.73. The Morgan fingerprint density at radius 2 is 2.05 bits per heavy atom. The number of thioether (sulfide) groups is 1. The number of nitrogens with zero attached hydrogens (tertiary/aromatic N) is 3. The molecule has 110 valence electrons. The molecule has 5 heteroatoms. The van der Waals surface area contributed by atoms with Gasteiger partial charge in [-0.3, -0.25) is 4.79 Å². The second-order valence-corrected chi connectivity index (χ2v) is 6.43. The maximum atomic E-state index is 12.9. The molecule has 0 fully saturated rings. The summed E-state index contributed by atoms with van der Waals surface area (Å²) in [6.07, 6.45) is 1.83. The number of rotatable bonds is 1. The zero-order valence-electron chi connectivity index (χ0n) is 12.2. The van der Waals surface area contributed by atoms with Crippen LogP contribution in [0.15, 0.2) is 53.6 Å². The van der Waals surface area contributed by atoms with Crippen molar-refractivity contribution in [2.75, 3.05) is 17.2 Å². The van der Waals surface area contributed by atoms with Gasteiger partial charge in [-0.25, -0.2) is 4.98 Å². The van der Waals surface area contributed by atoms with E-state index in [0.29, 0.717) is 12.2 Å². The third-order valence-corrected chi connectivity index (χ3v) is 4.93. The SMILES string of the molecule is Cc1cccc2nc(C(=O)N3CCSc4ccccc43)cn12. The molecule has 0 radical (unpaired) electrons. The van der Waals surface area contributed by atoms with Crippen molar-refractivity contribution in [2.45, 2.75) is 11.8 Å². The maximum absolute atomic E-state index is 12.9. The van der Waals surface area contributed by atoms with E-state index in [4.69, 9.17) is 0 Å². The summed E-state index contributed by atoms with van der Waals surface area (Å²) < 4.78 is 1.96. The number of aromatic nitrogens is 2. The first-order chi connectivity index (χ1) is 10.7. The molecule has 2 aromatic heterocycles. The lowest BCUT2D eigenvalue weighted by Gasteiger charge is -2.28. The largest absolute Gasteiger partial charge is 0.305 e. The Morgan fingerprint density at radius 3 is 2.91 bits per heavy atom. The minimum Gasteiger partial charge on any atom is -0.305 e. The quantitative estimate of drug-likeness (QED) is 0.691. The van der Waals surface area contributed by atoms with Gasteiger partial charge in [0.25, 0.3) is 5.91 Å². The van der Waals surface area contributed by atoms with Crippen molar-refractivity contribution in [3.8, 4) is 0 Å². The van der Waals surface area contributed by atoms with E-state index in [1.165, 1.54) is 0 Å². The fourth-order valence-corrected chi connectivity index (χ4v) is 3.76. The van der Waals surface area contributed by atoms with E-state index < -0.39 is 0 Å². The summed E-state index contributed by atoms with van der Waals surface area (Å²) in [7, 11) is 0. The van der Waals surface area contributed by atoms with E-state index >= 15 is 0 Å². The highest BCUT2D eigenvalue weighted by Gasteiger charge is 2.25. The Labute approximate surface area is 132 Å². The van der Waals surface area contributed by atoms with E-state index in [2.05, 4.69) is 11.1 Å². The van der Waals surface area contributed by atoms with Gasteiger partial charge < -0.3 is 9.30 Å². The number of hydrogen-bond donors (Lipinski definition) is 0. The summed E-state index contributed by atoms with van der Waals surface area (Å²) in [5.41, 5.74) is 3.36. The summed E-state index contributed by atoms with van der Waals surface area (Å²) in [6, 6.07) is 13.9. The van der Waals surface area contributed by atoms with Gasteiger partial charge in [-0.05, 0) is 31.2 Å². The van der Waals surface area contributed by atoms with Crippen LogP contribution in [0.1, 0.15) is 16.2 Å². The fraction of sp³-hybridized carbons (Fsp3) is 0.176. The van der Waals surface area contributed by atoms with Crippen molar-refractivity contribution >= 4 is 29.0 Å². The maximum Gasteiger partial charge on any atom is 0.278 e. The average Bonchev–Trinajstić information content (AvgIpc) is 2.99. The van der Waals surface area contributed by atoms with Crippen molar-refractivity contribution in [3.63, 3.8) is 0 Å². The van der Waals surface area contributed by atoms with Crippen molar-refractivity contribution < 1.29 is 4.79 Å². The van der Waals surface area contributed by atoms with Crippen LogP contribution in [-0.4, -0.2) is 27.6 Å². The molecule has 0 aliphatic carbocycles. The van der Waals surface area contributed by atoms with Gasteiger partial charge in [-0.15, -0.1) is 11.8 Å². The van der Waals surface area contributed by atoms with Gasteiger partial charge >= 0.3 is 0 Å². The molecule has 1 amide bonds. The van der Waals surface area contributed by atoms with Crippen LogP contribution in [0.3, 0.4) is 0 Å². The molecule has 3 heterocycles. The minimum atomic E-state index is -0.0316. The minimum absolute atomic E-state index is 0.0316. The number of fused-ring (bicyclic) bond motifs is 2. The molecule has 4 nitrogen and oxygen atoms in total. The van der Waals surface area contributed by atoms with Gasteiger partial charge in [-0.2, -0.15) is 0 Å². The predicted octanol–water partition coefficient (Wildman–Crippen LogP) is 3.40. The zero-order valence-corrected chi connectivity index (χ0v) is 13.0. The van der Waals surface area contributed by atoms with Crippen molar-refractivity contribution in [1.29, 1.82) is 0 Å². The second kappa shape index (κ2) is 5.18. The number of hydrogen-bond acceptors (Lipinski definition) is 3. The van der Waals surface area contributed by atoms with Gasteiger partial charge in [-0.1, -0.05) is 18.2 Å². The highest BCUT2D eigenvalue weighted by molar-refractivity contribution is 7.99. The van der Waals surface area contributed by atoms with Crippen molar-refractivity contribution in [2.24, 2.45) is 0 Å². The zero-order chi connectivity index (χ0) is 15.1. The van der Waals surface area contributed by atoms with E-state index in [-0.39, 0.29) is 5.91 Å². The van der Waals surface area contributed by atoms with E-state index in [0.717, 1.165) is 27.7 Å². The smallest absolute Gasteiger partial charge is 0.278 e. The summed E-state index contributed by atoms with van der Waals surface area (Å²) in [5, 5.41) is 0. The molecule has 0 bridgehead atoms. The van der Waals surface area contributed by atoms with Crippen molar-refractivity contribution in [3.05, 3.63) is 60.0 Å². The van der Waals surface area contributed by atoms with E-state index in [9.17, 15) is 4.79 Å². The number of benzene rings is 1. The molecular formula is C17H15N3OS. The molecule has 1 aromatic carbocycles. The van der Waals surface area contributed by atoms with Crippen LogP contribution in [0.4, 0.5) is 5.69 Å². The first-order valence-electron chi connectivity index (χ1n) is 7.22. The van der Waals surface area contributed by atoms with Gasteiger partial charge in [0.1, 0.15) is 11.3 Å². The molecule has 0 spiro atoms. The lowest BCUT2D eigenvalue weighted by molar-refractivity contribution is 0.0983. The first-order valence-corrected chi connectivity index (χ1v) is 8.21. The lowest BCUT2D eigenvalue weighted by Crippen LogP contribution is -2.35. The number of imidazole rings is 1. The van der Waals surface area contributed by atoms with E-state index in [1.54, 1.807) is 11.8 Å². The highest BCUT2D eigenvalue weighted by Crippen LogP contribution is 2.35. The molecule has 0 N–H and O–H groups in total. The molecule has 1 aliphatic heterocycles. The topological polar surface area (TPSA) is 37.6 Å². The molecule has 0 saturated carbocycles. The van der Waals surface area contributed by atoms with Crippen LogP contribution < -0.4 is 4.90 Å². The van der Waals surface area contributed by atoms with Gasteiger partial charge in [0, 0.05) is 29.1 Å². The Bertz CT molecular complexity index is 871. The summed E-state index contributed by atoms with van der Waals surface area (Å²) >= 11 is 1.79. The molecule has 1 aliphatic rings. The second-order valence-electron chi connectivity index (χ2n) is 5.29. The third kappa shape index (κ3) is 2.09. The Morgan fingerprint density at radius 1 is 1.18 bits per heavy atom.